The lowest BCUT2D eigenvalue weighted by Crippen LogP contribution is -2.01. The molecule has 19 heavy (non-hydrogen) atoms. The Kier molecular flexibility index (Phi) is 5.08. The highest BCUT2D eigenvalue weighted by atomic mass is 79.9. The monoisotopic (exact) mass is 362 g/mol. The van der Waals surface area contributed by atoms with Crippen LogP contribution in [0, 0.1) is 5.82 Å². The van der Waals surface area contributed by atoms with E-state index in [0.717, 1.165) is 5.56 Å². The summed E-state index contributed by atoms with van der Waals surface area (Å²) < 4.78 is 19.3. The lowest BCUT2D eigenvalue weighted by Gasteiger charge is -2.12. The number of hydrogen-bond acceptors (Lipinski definition) is 1. The standard InChI is InChI=1S/C14H10BrCl2FO/c15-7-10-11(16)4-2-6-13(10)19-8-9-3-1-5-12(17)14(9)18/h1-6H,7-8H2. The van der Waals surface area contributed by atoms with Crippen LogP contribution in [0.2, 0.25) is 10.0 Å². The van der Waals surface area contributed by atoms with Crippen LogP contribution in [-0.4, -0.2) is 0 Å². The average Bonchev–Trinajstić information content (AvgIpc) is 2.40. The van der Waals surface area contributed by atoms with Gasteiger partial charge in [0.15, 0.2) is 0 Å². The third-order valence-corrected chi connectivity index (χ3v) is 3.83. The Balaban J connectivity index is 2.19. The molecule has 0 spiro atoms. The first-order valence-corrected chi connectivity index (χ1v) is 7.40. The molecular weight excluding hydrogens is 354 g/mol. The second-order valence-electron chi connectivity index (χ2n) is 3.85. The molecule has 0 amide bonds. The molecule has 0 N–H and O–H groups in total. The molecule has 0 bridgehead atoms. The summed E-state index contributed by atoms with van der Waals surface area (Å²) in [6.45, 7) is 0.104. The van der Waals surface area contributed by atoms with Crippen LogP contribution in [0.5, 0.6) is 5.75 Å². The van der Waals surface area contributed by atoms with Crippen LogP contribution >= 0.6 is 39.1 Å². The maximum Gasteiger partial charge on any atom is 0.148 e. The summed E-state index contributed by atoms with van der Waals surface area (Å²) in [5.74, 6) is 0.176. The summed E-state index contributed by atoms with van der Waals surface area (Å²) in [7, 11) is 0. The fraction of sp³-hybridized carbons (Fsp3) is 0.143. The number of hydrogen-bond donors (Lipinski definition) is 0. The van der Waals surface area contributed by atoms with Gasteiger partial charge in [0.2, 0.25) is 0 Å². The van der Waals surface area contributed by atoms with Crippen molar-refractivity contribution in [1.82, 2.24) is 0 Å². The van der Waals surface area contributed by atoms with Crippen LogP contribution in [0.4, 0.5) is 4.39 Å². The molecule has 0 aromatic heterocycles. The van der Waals surface area contributed by atoms with E-state index in [1.165, 1.54) is 6.07 Å². The lowest BCUT2D eigenvalue weighted by molar-refractivity contribution is 0.298. The van der Waals surface area contributed by atoms with E-state index in [1.807, 2.05) is 0 Å². The first-order chi connectivity index (χ1) is 9.13. The molecule has 0 unspecified atom stereocenters. The van der Waals surface area contributed by atoms with Gasteiger partial charge in [0, 0.05) is 21.5 Å². The molecule has 0 radical (unpaired) electrons. The number of benzene rings is 2. The Morgan fingerprint density at radius 3 is 2.47 bits per heavy atom. The summed E-state index contributed by atoms with van der Waals surface area (Å²) in [6.07, 6.45) is 0. The highest BCUT2D eigenvalue weighted by Crippen LogP contribution is 2.29. The van der Waals surface area contributed by atoms with E-state index in [1.54, 1.807) is 30.3 Å². The van der Waals surface area contributed by atoms with Crippen molar-refractivity contribution >= 4 is 39.1 Å². The van der Waals surface area contributed by atoms with Gasteiger partial charge in [0.25, 0.3) is 0 Å². The Labute approximate surface area is 129 Å². The van der Waals surface area contributed by atoms with Crippen molar-refractivity contribution in [2.45, 2.75) is 11.9 Å². The van der Waals surface area contributed by atoms with E-state index < -0.39 is 5.82 Å². The average molecular weight is 364 g/mol. The maximum absolute atomic E-state index is 13.7. The quantitative estimate of drug-likeness (QED) is 0.642. The minimum Gasteiger partial charge on any atom is -0.488 e. The molecule has 2 aromatic carbocycles. The van der Waals surface area contributed by atoms with Crippen LogP contribution in [0.3, 0.4) is 0 Å². The van der Waals surface area contributed by atoms with Crippen LogP contribution in [-0.2, 0) is 11.9 Å². The van der Waals surface area contributed by atoms with Crippen molar-refractivity contribution in [3.63, 3.8) is 0 Å². The van der Waals surface area contributed by atoms with Crippen molar-refractivity contribution in [3.8, 4) is 5.75 Å². The van der Waals surface area contributed by atoms with Gasteiger partial charge in [0.1, 0.15) is 18.2 Å². The van der Waals surface area contributed by atoms with Gasteiger partial charge in [-0.15, -0.1) is 0 Å². The van der Waals surface area contributed by atoms with Gasteiger partial charge >= 0.3 is 0 Å². The highest BCUT2D eigenvalue weighted by molar-refractivity contribution is 9.08. The smallest absolute Gasteiger partial charge is 0.148 e. The second-order valence-corrected chi connectivity index (χ2v) is 5.23. The van der Waals surface area contributed by atoms with Crippen LogP contribution in [0.25, 0.3) is 0 Å². The van der Waals surface area contributed by atoms with Gasteiger partial charge in [-0.25, -0.2) is 4.39 Å². The zero-order chi connectivity index (χ0) is 13.8. The van der Waals surface area contributed by atoms with Crippen molar-refractivity contribution in [2.75, 3.05) is 0 Å². The number of alkyl halides is 1. The minimum absolute atomic E-state index is 0.0907. The van der Waals surface area contributed by atoms with Crippen molar-refractivity contribution in [1.29, 1.82) is 0 Å². The molecule has 5 heteroatoms. The lowest BCUT2D eigenvalue weighted by atomic mass is 10.2. The normalized spacial score (nSPS) is 10.5. The van der Waals surface area contributed by atoms with E-state index >= 15 is 0 Å². The molecule has 0 aliphatic heterocycles. The maximum atomic E-state index is 13.7. The van der Waals surface area contributed by atoms with Crippen molar-refractivity contribution in [2.24, 2.45) is 0 Å². The molecule has 0 fully saturated rings. The first-order valence-electron chi connectivity index (χ1n) is 5.52. The van der Waals surface area contributed by atoms with E-state index in [9.17, 15) is 4.39 Å². The summed E-state index contributed by atoms with van der Waals surface area (Å²) >= 11 is 15.1. The van der Waals surface area contributed by atoms with E-state index in [4.69, 9.17) is 27.9 Å². The zero-order valence-electron chi connectivity index (χ0n) is 9.80. The van der Waals surface area contributed by atoms with Gasteiger partial charge in [-0.2, -0.15) is 0 Å². The van der Waals surface area contributed by atoms with Gasteiger partial charge < -0.3 is 4.74 Å². The summed E-state index contributed by atoms with van der Waals surface area (Å²) in [5, 5.41) is 1.27. The van der Waals surface area contributed by atoms with E-state index in [0.29, 0.717) is 21.7 Å². The SMILES string of the molecule is Fc1c(Cl)cccc1COc1cccc(Cl)c1CBr. The van der Waals surface area contributed by atoms with Crippen molar-refractivity contribution < 1.29 is 9.13 Å². The summed E-state index contributed by atoms with van der Waals surface area (Å²) in [4.78, 5) is 0. The van der Waals surface area contributed by atoms with Gasteiger partial charge in [0.05, 0.1) is 5.02 Å². The van der Waals surface area contributed by atoms with Gasteiger partial charge in [-0.3, -0.25) is 0 Å². The Morgan fingerprint density at radius 1 is 1.05 bits per heavy atom. The summed E-state index contributed by atoms with van der Waals surface area (Å²) in [5.41, 5.74) is 1.25. The molecule has 0 atom stereocenters. The number of halogens is 4. The molecule has 0 aliphatic carbocycles. The Hall–Kier alpha value is -0.770. The topological polar surface area (TPSA) is 9.23 Å². The van der Waals surface area contributed by atoms with Crippen LogP contribution in [0.1, 0.15) is 11.1 Å². The third-order valence-electron chi connectivity index (χ3n) is 2.62. The van der Waals surface area contributed by atoms with Gasteiger partial charge in [-0.05, 0) is 18.2 Å². The molecule has 1 nitrogen and oxygen atoms in total. The predicted molar refractivity (Wildman–Crippen MR) is 79.8 cm³/mol. The van der Waals surface area contributed by atoms with Crippen LogP contribution < -0.4 is 4.74 Å². The Bertz CT molecular complexity index is 590. The molecule has 2 rings (SSSR count). The highest BCUT2D eigenvalue weighted by Gasteiger charge is 2.10. The van der Waals surface area contributed by atoms with Crippen LogP contribution in [0.15, 0.2) is 36.4 Å². The summed E-state index contributed by atoms with van der Waals surface area (Å²) in [6, 6.07) is 10.2. The molecule has 0 saturated carbocycles. The predicted octanol–water partition coefficient (Wildman–Crippen LogP) is 5.61. The molecule has 100 valence electrons. The third kappa shape index (κ3) is 3.41. The fourth-order valence-corrected chi connectivity index (χ4v) is 2.79. The number of ether oxygens (including phenoxy) is 1. The van der Waals surface area contributed by atoms with Crippen molar-refractivity contribution in [3.05, 3.63) is 63.4 Å². The molecule has 0 aliphatic rings. The zero-order valence-corrected chi connectivity index (χ0v) is 12.9. The minimum atomic E-state index is -0.452. The molecular formula is C14H10BrCl2FO. The largest absolute Gasteiger partial charge is 0.488 e. The fourth-order valence-electron chi connectivity index (χ4n) is 1.62. The molecule has 0 saturated heterocycles. The van der Waals surface area contributed by atoms with E-state index in [2.05, 4.69) is 15.9 Å². The Morgan fingerprint density at radius 2 is 1.74 bits per heavy atom. The van der Waals surface area contributed by atoms with Gasteiger partial charge in [-0.1, -0.05) is 57.3 Å². The molecule has 0 heterocycles. The van der Waals surface area contributed by atoms with E-state index in [-0.39, 0.29) is 11.6 Å². The first kappa shape index (κ1) is 14.6. The molecule has 2 aromatic rings. The number of rotatable bonds is 4. The second kappa shape index (κ2) is 6.60.